The number of nitrogens with zero attached hydrogens (tertiary/aromatic N) is 6. The van der Waals surface area contributed by atoms with Crippen LogP contribution in [0, 0.1) is 5.41 Å². The molecule has 0 saturated heterocycles. The van der Waals surface area contributed by atoms with Crippen LogP contribution in [0.4, 0.5) is 45.8 Å². The van der Waals surface area contributed by atoms with Crippen LogP contribution >= 0.6 is 0 Å². The quantitative estimate of drug-likeness (QED) is 0.184. The number of hydrogen-bond acceptors (Lipinski definition) is 6. The molecule has 0 bridgehead atoms. The number of hydrogen-bond donors (Lipinski definition) is 0. The van der Waals surface area contributed by atoms with Crippen molar-refractivity contribution < 1.29 is 0 Å². The van der Waals surface area contributed by atoms with Gasteiger partial charge in [0.25, 0.3) is 0 Å². The fourth-order valence-electron chi connectivity index (χ4n) is 11.3. The molecule has 0 amide bonds. The van der Waals surface area contributed by atoms with Gasteiger partial charge >= 0.3 is 0 Å². The van der Waals surface area contributed by atoms with Gasteiger partial charge < -0.3 is 19.6 Å². The van der Waals surface area contributed by atoms with Gasteiger partial charge in [0.05, 0.1) is 27.8 Å². The lowest BCUT2D eigenvalue weighted by Gasteiger charge is -2.45. The summed E-state index contributed by atoms with van der Waals surface area (Å²) in [5, 5.41) is 0. The van der Waals surface area contributed by atoms with Crippen molar-refractivity contribution in [2.75, 3.05) is 19.6 Å². The van der Waals surface area contributed by atoms with Crippen molar-refractivity contribution in [3.05, 3.63) is 169 Å². The van der Waals surface area contributed by atoms with Crippen molar-refractivity contribution in [3.63, 3.8) is 0 Å². The largest absolute Gasteiger partial charge is 0.318 e. The van der Waals surface area contributed by atoms with Crippen LogP contribution < -0.4 is 19.6 Å². The third-order valence-electron chi connectivity index (χ3n) is 13.2. The Labute approximate surface area is 296 Å². The lowest BCUT2D eigenvalue weighted by atomic mass is 9.80. The third kappa shape index (κ3) is 2.90. The molecule has 6 nitrogen and oxygen atoms in total. The topological polar surface area (TPSA) is 38.7 Å². The Morgan fingerprint density at radius 3 is 1.49 bits per heavy atom. The molecule has 7 aromatic rings. The van der Waals surface area contributed by atoms with Crippen molar-refractivity contribution in [1.29, 1.82) is 0 Å². The summed E-state index contributed by atoms with van der Waals surface area (Å²) in [5.41, 5.74) is 10.9. The highest BCUT2D eigenvalue weighted by Crippen LogP contribution is 2.89. The van der Waals surface area contributed by atoms with Gasteiger partial charge in [0.15, 0.2) is 11.6 Å². The molecule has 1 saturated carbocycles. The number of para-hydroxylation sites is 8. The van der Waals surface area contributed by atoms with Gasteiger partial charge in [-0.05, 0) is 71.8 Å². The molecule has 5 heterocycles. The summed E-state index contributed by atoms with van der Waals surface area (Å²) < 4.78 is 0. The number of benzene rings is 6. The van der Waals surface area contributed by atoms with E-state index >= 15 is 0 Å². The Kier molecular flexibility index (Phi) is 4.96. The molecule has 1 aromatic heterocycles. The second-order valence-corrected chi connectivity index (χ2v) is 14.9. The molecule has 51 heavy (non-hydrogen) atoms. The molecular formula is C45H34N6. The van der Waals surface area contributed by atoms with Crippen LogP contribution in [-0.2, 0) is 10.8 Å². The molecule has 244 valence electrons. The molecule has 5 aliphatic rings. The van der Waals surface area contributed by atoms with E-state index in [0.29, 0.717) is 0 Å². The van der Waals surface area contributed by atoms with E-state index in [2.05, 4.69) is 191 Å². The minimum atomic E-state index is -0.383. The van der Waals surface area contributed by atoms with Crippen molar-refractivity contribution in [1.82, 2.24) is 9.97 Å². The molecule has 6 aromatic carbocycles. The zero-order valence-corrected chi connectivity index (χ0v) is 28.3. The van der Waals surface area contributed by atoms with E-state index in [1.54, 1.807) is 0 Å². The maximum absolute atomic E-state index is 5.44. The predicted molar refractivity (Wildman–Crippen MR) is 205 cm³/mol. The van der Waals surface area contributed by atoms with E-state index in [-0.39, 0.29) is 28.6 Å². The van der Waals surface area contributed by atoms with Gasteiger partial charge in [-0.1, -0.05) is 111 Å². The average molecular weight is 659 g/mol. The number of rotatable bonds is 2. The SMILES string of the molecule is CC12c3ccccc3N3c4ccccc4N(c4ccccc4)C3C1(C)C21c2ccccc2N2c3nc4ccccc4nc3N(c3ccccc3)C21. The first-order valence-electron chi connectivity index (χ1n) is 17.9. The van der Waals surface area contributed by atoms with Crippen LogP contribution in [0.15, 0.2) is 158 Å². The van der Waals surface area contributed by atoms with Gasteiger partial charge in [-0.15, -0.1) is 0 Å². The first-order chi connectivity index (χ1) is 25.1. The highest BCUT2D eigenvalue weighted by Gasteiger charge is 2.94. The van der Waals surface area contributed by atoms with Crippen molar-refractivity contribution in [2.24, 2.45) is 5.41 Å². The van der Waals surface area contributed by atoms with Crippen LogP contribution in [0.25, 0.3) is 11.0 Å². The van der Waals surface area contributed by atoms with E-state index in [4.69, 9.17) is 9.97 Å². The standard InChI is InChI=1S/C45H34N6/c1-43-31-21-9-13-25-35(31)50-38-28-16-15-27-37(38)48(29-17-5-3-6-18-29)41(50)44(43,2)45(43)32-22-10-14-26-36(32)51-40-39(46-33-23-11-12-24-34(33)47-40)49(42(45)51)30-19-7-4-8-20-30/h3-28,41-42H,1-2H3. The van der Waals surface area contributed by atoms with Gasteiger partial charge in [0.2, 0.25) is 0 Å². The summed E-state index contributed by atoms with van der Waals surface area (Å²) in [6, 6.07) is 57.4. The Balaban J connectivity index is 1.21. The summed E-state index contributed by atoms with van der Waals surface area (Å²) >= 11 is 0. The third-order valence-corrected chi connectivity index (χ3v) is 13.2. The van der Waals surface area contributed by atoms with Gasteiger partial charge in [-0.3, -0.25) is 0 Å². The van der Waals surface area contributed by atoms with Crippen LogP contribution in [0.5, 0.6) is 0 Å². The summed E-state index contributed by atoms with van der Waals surface area (Å²) in [6.07, 6.45) is -0.125. The fraction of sp³-hybridized carbons (Fsp3) is 0.156. The molecule has 6 heteroatoms. The minimum absolute atomic E-state index is 0.00784. The summed E-state index contributed by atoms with van der Waals surface area (Å²) in [4.78, 5) is 21.2. The second-order valence-electron chi connectivity index (χ2n) is 14.9. The lowest BCUT2D eigenvalue weighted by molar-refractivity contribution is 0.338. The average Bonchev–Trinajstić information content (AvgIpc) is 3.55. The smallest absolute Gasteiger partial charge is 0.179 e. The van der Waals surface area contributed by atoms with E-state index in [1.165, 1.54) is 39.6 Å². The molecular weight excluding hydrogens is 625 g/mol. The van der Waals surface area contributed by atoms with Crippen molar-refractivity contribution in [3.8, 4) is 0 Å². The highest BCUT2D eigenvalue weighted by atomic mass is 15.5. The molecule has 5 unspecified atom stereocenters. The molecule has 1 aliphatic carbocycles. The first kappa shape index (κ1) is 27.7. The fourth-order valence-corrected chi connectivity index (χ4v) is 11.3. The monoisotopic (exact) mass is 658 g/mol. The van der Waals surface area contributed by atoms with E-state index in [0.717, 1.165) is 28.4 Å². The van der Waals surface area contributed by atoms with Crippen molar-refractivity contribution >= 4 is 56.8 Å². The van der Waals surface area contributed by atoms with Crippen LogP contribution in [0.3, 0.4) is 0 Å². The van der Waals surface area contributed by atoms with E-state index in [9.17, 15) is 0 Å². The molecule has 1 spiro atoms. The minimum Gasteiger partial charge on any atom is -0.318 e. The number of fused-ring (bicyclic) bond motifs is 18. The second kappa shape index (κ2) is 9.15. The first-order valence-corrected chi connectivity index (χ1v) is 17.9. The Bertz CT molecular complexity index is 2560. The number of aromatic nitrogens is 2. The molecule has 4 aliphatic heterocycles. The summed E-state index contributed by atoms with van der Waals surface area (Å²) in [5.74, 6) is 1.83. The normalized spacial score (nSPS) is 27.1. The molecule has 1 fully saturated rings. The Hall–Kier alpha value is -6.14. The molecule has 0 N–H and O–H groups in total. The Morgan fingerprint density at radius 1 is 0.412 bits per heavy atom. The van der Waals surface area contributed by atoms with Crippen molar-refractivity contribution in [2.45, 2.75) is 37.0 Å². The molecule has 0 radical (unpaired) electrons. The summed E-state index contributed by atoms with van der Waals surface area (Å²) in [7, 11) is 0. The lowest BCUT2D eigenvalue weighted by Crippen LogP contribution is -2.52. The van der Waals surface area contributed by atoms with Gasteiger partial charge in [0.1, 0.15) is 12.3 Å². The van der Waals surface area contributed by atoms with Gasteiger partial charge in [-0.25, -0.2) is 9.97 Å². The molecule has 12 rings (SSSR count). The maximum Gasteiger partial charge on any atom is 0.179 e. The van der Waals surface area contributed by atoms with Crippen LogP contribution in [-0.4, -0.2) is 22.3 Å². The zero-order valence-electron chi connectivity index (χ0n) is 28.3. The maximum atomic E-state index is 5.44. The predicted octanol–water partition coefficient (Wildman–Crippen LogP) is 10.1. The summed E-state index contributed by atoms with van der Waals surface area (Å²) in [6.45, 7) is 5.13. The van der Waals surface area contributed by atoms with E-state index in [1.807, 2.05) is 0 Å². The zero-order chi connectivity index (χ0) is 33.7. The molecule has 5 atom stereocenters. The Morgan fingerprint density at radius 2 is 0.863 bits per heavy atom. The van der Waals surface area contributed by atoms with Gasteiger partial charge in [-0.2, -0.15) is 0 Å². The highest BCUT2D eigenvalue weighted by molar-refractivity contribution is 5.99. The van der Waals surface area contributed by atoms with Crippen LogP contribution in [0.2, 0.25) is 0 Å². The van der Waals surface area contributed by atoms with E-state index < -0.39 is 0 Å². The van der Waals surface area contributed by atoms with Crippen LogP contribution in [0.1, 0.15) is 25.0 Å². The number of anilines is 8. The van der Waals surface area contributed by atoms with Gasteiger partial charge in [0, 0.05) is 33.6 Å².